The van der Waals surface area contributed by atoms with Gasteiger partial charge in [0.1, 0.15) is 0 Å². The Balaban J connectivity index is 0.00000289. The number of morpholine rings is 1. The number of nitrogens with zero attached hydrogens (tertiary/aromatic N) is 5. The molecule has 174 valence electrons. The predicted molar refractivity (Wildman–Crippen MR) is 123 cm³/mol. The van der Waals surface area contributed by atoms with Crippen molar-refractivity contribution in [3.05, 3.63) is 46.0 Å². The molecule has 0 N–H and O–H groups in total. The summed E-state index contributed by atoms with van der Waals surface area (Å²) in [6.07, 6.45) is 0.803. The molecule has 2 aromatic rings. The lowest BCUT2D eigenvalue weighted by Gasteiger charge is -2.34. The molecule has 4 rings (SSSR count). The molecule has 1 aromatic carbocycles. The van der Waals surface area contributed by atoms with E-state index < -0.39 is 0 Å². The SMILES string of the molecule is Cl.O=C(CCc1nc(CN2CCN(C(=O)c3ccc(Br)cc3)CC2)no1)N1CCOCC1. The zero-order chi connectivity index (χ0) is 21.6. The van der Waals surface area contributed by atoms with Crippen LogP contribution in [0.25, 0.3) is 0 Å². The molecule has 2 aliphatic heterocycles. The number of benzene rings is 1. The van der Waals surface area contributed by atoms with Gasteiger partial charge in [-0.2, -0.15) is 4.98 Å². The van der Waals surface area contributed by atoms with Gasteiger partial charge in [-0.15, -0.1) is 12.4 Å². The molecule has 3 heterocycles. The number of amides is 2. The van der Waals surface area contributed by atoms with E-state index in [1.54, 1.807) is 0 Å². The van der Waals surface area contributed by atoms with Crippen molar-refractivity contribution in [2.75, 3.05) is 52.5 Å². The molecule has 0 aliphatic carbocycles. The van der Waals surface area contributed by atoms with Crippen molar-refractivity contribution < 1.29 is 18.8 Å². The maximum Gasteiger partial charge on any atom is 0.253 e. The predicted octanol–water partition coefficient (Wildman–Crippen LogP) is 2.00. The lowest BCUT2D eigenvalue weighted by atomic mass is 10.2. The topological polar surface area (TPSA) is 92.0 Å². The molecule has 0 radical (unpaired) electrons. The first-order valence-electron chi connectivity index (χ1n) is 10.5. The van der Waals surface area contributed by atoms with Gasteiger partial charge >= 0.3 is 0 Å². The number of carbonyl (C=O) groups is 2. The molecule has 2 saturated heterocycles. The van der Waals surface area contributed by atoms with Crippen LogP contribution in [-0.4, -0.2) is 89.1 Å². The number of hydrogen-bond acceptors (Lipinski definition) is 7. The standard InChI is InChI=1S/C21H26BrN5O4.ClH/c22-17-3-1-16(2-4-17)21(29)27-9-7-25(8-10-27)15-18-23-19(31-24-18)5-6-20(28)26-11-13-30-14-12-26;/h1-4H,5-15H2;1H. The molecule has 0 unspecified atom stereocenters. The summed E-state index contributed by atoms with van der Waals surface area (Å²) in [5, 5.41) is 4.05. The van der Waals surface area contributed by atoms with Crippen LogP contribution in [0, 0.1) is 0 Å². The van der Waals surface area contributed by atoms with Crippen molar-refractivity contribution in [2.24, 2.45) is 0 Å². The third-order valence-electron chi connectivity index (χ3n) is 5.54. The van der Waals surface area contributed by atoms with Gasteiger partial charge in [-0.25, -0.2) is 0 Å². The van der Waals surface area contributed by atoms with Crippen LogP contribution < -0.4 is 0 Å². The van der Waals surface area contributed by atoms with Gasteiger partial charge < -0.3 is 19.1 Å². The quantitative estimate of drug-likeness (QED) is 0.566. The van der Waals surface area contributed by atoms with Gasteiger partial charge in [0.05, 0.1) is 19.8 Å². The smallest absolute Gasteiger partial charge is 0.253 e. The van der Waals surface area contributed by atoms with E-state index in [1.807, 2.05) is 34.1 Å². The van der Waals surface area contributed by atoms with Crippen LogP contribution in [0.4, 0.5) is 0 Å². The maximum atomic E-state index is 12.6. The molecule has 2 aliphatic rings. The second kappa shape index (κ2) is 11.7. The van der Waals surface area contributed by atoms with Crippen molar-refractivity contribution in [3.8, 4) is 0 Å². The van der Waals surface area contributed by atoms with Gasteiger partial charge in [-0.1, -0.05) is 21.1 Å². The van der Waals surface area contributed by atoms with E-state index in [0.29, 0.717) is 76.1 Å². The van der Waals surface area contributed by atoms with Crippen molar-refractivity contribution in [1.82, 2.24) is 24.8 Å². The van der Waals surface area contributed by atoms with E-state index >= 15 is 0 Å². The van der Waals surface area contributed by atoms with Gasteiger partial charge in [-0.3, -0.25) is 14.5 Å². The van der Waals surface area contributed by atoms with Gasteiger partial charge in [-0.05, 0) is 24.3 Å². The summed E-state index contributed by atoms with van der Waals surface area (Å²) in [6.45, 7) is 5.87. The van der Waals surface area contributed by atoms with E-state index in [2.05, 4.69) is 31.0 Å². The Morgan fingerprint density at radius 3 is 2.34 bits per heavy atom. The van der Waals surface area contributed by atoms with E-state index in [1.165, 1.54) is 0 Å². The third kappa shape index (κ3) is 6.50. The monoisotopic (exact) mass is 527 g/mol. The Labute approximate surface area is 201 Å². The third-order valence-corrected chi connectivity index (χ3v) is 6.07. The lowest BCUT2D eigenvalue weighted by molar-refractivity contribution is -0.135. The number of rotatable bonds is 6. The highest BCUT2D eigenvalue weighted by Gasteiger charge is 2.23. The lowest BCUT2D eigenvalue weighted by Crippen LogP contribution is -2.48. The number of ether oxygens (including phenoxy) is 1. The molecule has 0 spiro atoms. The molecular formula is C21H27BrClN5O4. The molecule has 2 fully saturated rings. The van der Waals surface area contributed by atoms with Crippen LogP contribution in [0.5, 0.6) is 0 Å². The molecule has 11 heteroatoms. The summed E-state index contributed by atoms with van der Waals surface area (Å²) in [7, 11) is 0. The first kappa shape index (κ1) is 24.6. The molecule has 0 saturated carbocycles. The second-order valence-corrected chi connectivity index (χ2v) is 8.59. The molecular weight excluding hydrogens is 502 g/mol. The highest BCUT2D eigenvalue weighted by Crippen LogP contribution is 2.14. The summed E-state index contributed by atoms with van der Waals surface area (Å²) < 4.78 is 11.5. The molecule has 0 atom stereocenters. The van der Waals surface area contributed by atoms with E-state index in [4.69, 9.17) is 9.26 Å². The normalized spacial score (nSPS) is 17.2. The Hall–Kier alpha value is -2.01. The van der Waals surface area contributed by atoms with E-state index in [-0.39, 0.29) is 24.2 Å². The minimum atomic E-state index is 0. The molecule has 1 aromatic heterocycles. The van der Waals surface area contributed by atoms with Crippen molar-refractivity contribution in [1.29, 1.82) is 0 Å². The average molecular weight is 529 g/mol. The highest BCUT2D eigenvalue weighted by atomic mass is 79.9. The highest BCUT2D eigenvalue weighted by molar-refractivity contribution is 9.10. The summed E-state index contributed by atoms with van der Waals surface area (Å²) in [5.41, 5.74) is 0.700. The largest absolute Gasteiger partial charge is 0.378 e. The van der Waals surface area contributed by atoms with Gasteiger partial charge in [0.25, 0.3) is 5.91 Å². The second-order valence-electron chi connectivity index (χ2n) is 7.67. The Kier molecular flexibility index (Phi) is 9.03. The number of aromatic nitrogens is 2. The van der Waals surface area contributed by atoms with Gasteiger partial charge in [0.15, 0.2) is 5.82 Å². The van der Waals surface area contributed by atoms with Crippen molar-refractivity contribution in [2.45, 2.75) is 19.4 Å². The van der Waals surface area contributed by atoms with Gasteiger partial charge in [0.2, 0.25) is 11.8 Å². The number of carbonyl (C=O) groups excluding carboxylic acids is 2. The minimum Gasteiger partial charge on any atom is -0.378 e. The van der Waals surface area contributed by atoms with Gasteiger partial charge in [0, 0.05) is 62.1 Å². The van der Waals surface area contributed by atoms with Crippen molar-refractivity contribution in [3.63, 3.8) is 0 Å². The zero-order valence-corrected chi connectivity index (χ0v) is 20.1. The fourth-order valence-electron chi connectivity index (χ4n) is 3.72. The summed E-state index contributed by atoms with van der Waals surface area (Å²) in [4.78, 5) is 35.2. The minimum absolute atomic E-state index is 0. The first-order valence-corrected chi connectivity index (χ1v) is 11.3. The fraction of sp³-hybridized carbons (Fsp3) is 0.524. The summed E-state index contributed by atoms with van der Waals surface area (Å²) in [5.74, 6) is 1.25. The average Bonchev–Trinajstić information content (AvgIpc) is 3.26. The summed E-state index contributed by atoms with van der Waals surface area (Å²) >= 11 is 3.39. The number of piperazine rings is 1. The van der Waals surface area contributed by atoms with Crippen LogP contribution in [0.1, 0.15) is 28.5 Å². The molecule has 0 bridgehead atoms. The fourth-order valence-corrected chi connectivity index (χ4v) is 3.99. The molecule has 9 nitrogen and oxygen atoms in total. The van der Waals surface area contributed by atoms with Crippen LogP contribution in [0.2, 0.25) is 0 Å². The van der Waals surface area contributed by atoms with Crippen LogP contribution in [0.15, 0.2) is 33.3 Å². The zero-order valence-electron chi connectivity index (χ0n) is 17.7. The number of aryl methyl sites for hydroxylation is 1. The molecule has 32 heavy (non-hydrogen) atoms. The van der Waals surface area contributed by atoms with Crippen LogP contribution in [0.3, 0.4) is 0 Å². The first-order chi connectivity index (χ1) is 15.1. The Morgan fingerprint density at radius 2 is 1.66 bits per heavy atom. The van der Waals surface area contributed by atoms with Crippen LogP contribution >= 0.6 is 28.3 Å². The molecule has 2 amide bonds. The Morgan fingerprint density at radius 1 is 0.969 bits per heavy atom. The van der Waals surface area contributed by atoms with Crippen molar-refractivity contribution >= 4 is 40.2 Å². The maximum absolute atomic E-state index is 12.6. The number of halogens is 2. The number of hydrogen-bond donors (Lipinski definition) is 0. The van der Waals surface area contributed by atoms with E-state index in [9.17, 15) is 9.59 Å². The Bertz CT molecular complexity index is 896. The van der Waals surface area contributed by atoms with Crippen LogP contribution in [-0.2, 0) is 22.5 Å². The van der Waals surface area contributed by atoms with E-state index in [0.717, 1.165) is 17.6 Å². The summed E-state index contributed by atoms with van der Waals surface area (Å²) in [6, 6.07) is 7.44.